The number of ether oxygens (including phenoxy) is 1. The average molecular weight is 419 g/mol. The van der Waals surface area contributed by atoms with E-state index in [-0.39, 0.29) is 30.9 Å². The number of aliphatic hydroxyl groups is 1. The quantitative estimate of drug-likeness (QED) is 0.563. The summed E-state index contributed by atoms with van der Waals surface area (Å²) < 4.78 is 5.42. The summed E-state index contributed by atoms with van der Waals surface area (Å²) in [5, 5.41) is 14.2. The lowest BCUT2D eigenvalue weighted by molar-refractivity contribution is -0.156. The molecule has 4 N–H and O–H groups in total. The van der Waals surface area contributed by atoms with Crippen molar-refractivity contribution in [2.24, 2.45) is 23.5 Å². The molecule has 168 valence electrons. The molecule has 2 rings (SSSR count). The zero-order valence-corrected chi connectivity index (χ0v) is 19.0. The molecule has 1 amide bonds. The molecular weight excluding hydrogens is 380 g/mol. The zero-order chi connectivity index (χ0) is 22.5. The summed E-state index contributed by atoms with van der Waals surface area (Å²) in [5.41, 5.74) is 4.63. The van der Waals surface area contributed by atoms with Gasteiger partial charge in [0.2, 0.25) is 0 Å². The number of rotatable bonds is 8. The van der Waals surface area contributed by atoms with E-state index in [1.54, 1.807) is 13.8 Å². The maximum atomic E-state index is 13.1. The SMILES string of the molecule is CC(C)[C@@H]1CC[C@@H](C)C[C@@]1(O)C(=O)NCC(C(=O)OCC(C)(C)N)c1ccccc1. The van der Waals surface area contributed by atoms with Crippen LogP contribution < -0.4 is 11.1 Å². The van der Waals surface area contributed by atoms with Crippen LogP contribution in [0.15, 0.2) is 30.3 Å². The normalized spacial score (nSPS) is 25.6. The Bertz CT molecular complexity index is 714. The minimum Gasteiger partial charge on any atom is -0.463 e. The van der Waals surface area contributed by atoms with Gasteiger partial charge in [0.1, 0.15) is 12.2 Å². The fourth-order valence-corrected chi connectivity index (χ4v) is 4.36. The summed E-state index contributed by atoms with van der Waals surface area (Å²) in [6.07, 6.45) is 2.26. The van der Waals surface area contributed by atoms with Crippen molar-refractivity contribution in [3.8, 4) is 0 Å². The lowest BCUT2D eigenvalue weighted by Gasteiger charge is -2.43. The van der Waals surface area contributed by atoms with Gasteiger partial charge in [0, 0.05) is 12.1 Å². The van der Waals surface area contributed by atoms with Crippen molar-refractivity contribution in [2.75, 3.05) is 13.2 Å². The zero-order valence-electron chi connectivity index (χ0n) is 19.0. The maximum Gasteiger partial charge on any atom is 0.315 e. The number of nitrogens with one attached hydrogen (secondary N) is 1. The van der Waals surface area contributed by atoms with E-state index in [0.29, 0.717) is 6.42 Å². The highest BCUT2D eigenvalue weighted by Crippen LogP contribution is 2.41. The molecule has 1 unspecified atom stereocenters. The van der Waals surface area contributed by atoms with E-state index in [2.05, 4.69) is 12.2 Å². The van der Waals surface area contributed by atoms with Crippen molar-refractivity contribution in [3.63, 3.8) is 0 Å². The van der Waals surface area contributed by atoms with Gasteiger partial charge < -0.3 is 20.9 Å². The third-order valence-corrected chi connectivity index (χ3v) is 5.98. The Hall–Kier alpha value is -1.92. The van der Waals surface area contributed by atoms with E-state index >= 15 is 0 Å². The van der Waals surface area contributed by atoms with Crippen molar-refractivity contribution in [2.45, 2.75) is 70.9 Å². The van der Waals surface area contributed by atoms with Gasteiger partial charge >= 0.3 is 5.97 Å². The summed E-state index contributed by atoms with van der Waals surface area (Å²) in [6, 6.07) is 9.22. The molecule has 0 aliphatic heterocycles. The molecule has 1 saturated carbocycles. The largest absolute Gasteiger partial charge is 0.463 e. The maximum absolute atomic E-state index is 13.1. The third-order valence-electron chi connectivity index (χ3n) is 5.98. The fraction of sp³-hybridized carbons (Fsp3) is 0.667. The molecule has 6 nitrogen and oxygen atoms in total. The van der Waals surface area contributed by atoms with Gasteiger partial charge in [0.25, 0.3) is 5.91 Å². The van der Waals surface area contributed by atoms with Crippen molar-refractivity contribution in [1.82, 2.24) is 5.32 Å². The molecule has 1 aliphatic rings. The second kappa shape index (κ2) is 9.92. The van der Waals surface area contributed by atoms with Crippen LogP contribution >= 0.6 is 0 Å². The Labute approximate surface area is 180 Å². The Morgan fingerprint density at radius 1 is 1.27 bits per heavy atom. The summed E-state index contributed by atoms with van der Waals surface area (Å²) >= 11 is 0. The topological polar surface area (TPSA) is 102 Å². The summed E-state index contributed by atoms with van der Waals surface area (Å²) in [7, 11) is 0. The van der Waals surface area contributed by atoms with Gasteiger partial charge in [0.15, 0.2) is 0 Å². The lowest BCUT2D eigenvalue weighted by atomic mass is 9.66. The molecule has 0 saturated heterocycles. The van der Waals surface area contributed by atoms with Gasteiger partial charge in [-0.2, -0.15) is 0 Å². The highest BCUT2D eigenvalue weighted by Gasteiger charge is 2.48. The highest BCUT2D eigenvalue weighted by molar-refractivity contribution is 5.86. The Morgan fingerprint density at radius 2 is 1.90 bits per heavy atom. The van der Waals surface area contributed by atoms with Crippen LogP contribution in [0.1, 0.15) is 65.4 Å². The van der Waals surface area contributed by atoms with Crippen LogP contribution in [-0.2, 0) is 14.3 Å². The Kier molecular flexibility index (Phi) is 8.06. The minimum absolute atomic E-state index is 0.0637. The standard InChI is InChI=1S/C24H38N2O4/c1-16(2)20-12-11-17(3)13-24(20,29)22(28)26-14-19(18-9-7-6-8-10-18)21(27)30-15-23(4,5)25/h6-10,16-17,19-20,29H,11-15,25H2,1-5H3,(H,26,28)/t17-,19?,20+,24+/m1/s1. The second-order valence-electron chi connectivity index (χ2n) is 9.93. The van der Waals surface area contributed by atoms with Crippen LogP contribution in [0.3, 0.4) is 0 Å². The first-order valence-corrected chi connectivity index (χ1v) is 10.9. The molecule has 0 aromatic heterocycles. The van der Waals surface area contributed by atoms with Crippen LogP contribution in [-0.4, -0.2) is 41.3 Å². The van der Waals surface area contributed by atoms with E-state index in [9.17, 15) is 14.7 Å². The van der Waals surface area contributed by atoms with Crippen LogP contribution in [0.2, 0.25) is 0 Å². The first-order chi connectivity index (χ1) is 13.9. The van der Waals surface area contributed by atoms with Crippen molar-refractivity contribution >= 4 is 11.9 Å². The third kappa shape index (κ3) is 6.29. The van der Waals surface area contributed by atoms with E-state index in [0.717, 1.165) is 18.4 Å². The molecular formula is C24H38N2O4. The summed E-state index contributed by atoms with van der Waals surface area (Å²) in [5.74, 6) is -1.15. The first kappa shape index (κ1) is 24.4. The fourth-order valence-electron chi connectivity index (χ4n) is 4.36. The van der Waals surface area contributed by atoms with Gasteiger partial charge in [-0.25, -0.2) is 0 Å². The molecule has 1 fully saturated rings. The molecule has 1 aromatic carbocycles. The molecule has 0 radical (unpaired) electrons. The first-order valence-electron chi connectivity index (χ1n) is 10.9. The van der Waals surface area contributed by atoms with Gasteiger partial charge in [-0.15, -0.1) is 0 Å². The van der Waals surface area contributed by atoms with E-state index in [4.69, 9.17) is 10.5 Å². The van der Waals surface area contributed by atoms with E-state index < -0.39 is 28.9 Å². The molecule has 0 bridgehead atoms. The summed E-state index contributed by atoms with van der Waals surface area (Å²) in [6.45, 7) is 9.85. The van der Waals surface area contributed by atoms with Gasteiger partial charge in [-0.1, -0.05) is 57.5 Å². The number of hydrogen-bond acceptors (Lipinski definition) is 5. The summed E-state index contributed by atoms with van der Waals surface area (Å²) in [4.78, 5) is 25.9. The molecule has 0 heterocycles. The van der Waals surface area contributed by atoms with Crippen molar-refractivity contribution in [1.29, 1.82) is 0 Å². The molecule has 0 spiro atoms. The number of benzene rings is 1. The molecule has 30 heavy (non-hydrogen) atoms. The lowest BCUT2D eigenvalue weighted by Crippen LogP contribution is -2.57. The predicted octanol–water partition coefficient (Wildman–Crippen LogP) is 2.99. The molecule has 4 atom stereocenters. The highest BCUT2D eigenvalue weighted by atomic mass is 16.5. The van der Waals surface area contributed by atoms with Crippen molar-refractivity contribution in [3.05, 3.63) is 35.9 Å². The number of hydrogen-bond donors (Lipinski definition) is 3. The number of carbonyl (C=O) groups is 2. The van der Waals surface area contributed by atoms with E-state index in [1.165, 1.54) is 0 Å². The van der Waals surface area contributed by atoms with Crippen LogP contribution in [0.5, 0.6) is 0 Å². The minimum atomic E-state index is -1.42. The molecule has 1 aliphatic carbocycles. The second-order valence-corrected chi connectivity index (χ2v) is 9.93. The van der Waals surface area contributed by atoms with E-state index in [1.807, 2.05) is 44.2 Å². The smallest absolute Gasteiger partial charge is 0.315 e. The molecule has 1 aromatic rings. The number of esters is 1. The molecule has 6 heteroatoms. The van der Waals surface area contributed by atoms with Gasteiger partial charge in [0.05, 0.1) is 5.92 Å². The van der Waals surface area contributed by atoms with Crippen molar-refractivity contribution < 1.29 is 19.4 Å². The van der Waals surface area contributed by atoms with Gasteiger partial charge in [-0.05, 0) is 50.0 Å². The van der Waals surface area contributed by atoms with Gasteiger partial charge in [-0.3, -0.25) is 9.59 Å². The number of carbonyl (C=O) groups excluding carboxylic acids is 2. The van der Waals surface area contributed by atoms with Crippen LogP contribution in [0.4, 0.5) is 0 Å². The van der Waals surface area contributed by atoms with Crippen LogP contribution in [0.25, 0.3) is 0 Å². The number of amides is 1. The Morgan fingerprint density at radius 3 is 2.47 bits per heavy atom. The van der Waals surface area contributed by atoms with Crippen LogP contribution in [0, 0.1) is 17.8 Å². The predicted molar refractivity (Wildman–Crippen MR) is 118 cm³/mol. The Balaban J connectivity index is 2.15. The average Bonchev–Trinajstić information content (AvgIpc) is 2.66. The number of nitrogens with two attached hydrogens (primary N) is 1. The monoisotopic (exact) mass is 418 g/mol.